The van der Waals surface area contributed by atoms with Gasteiger partial charge in [0.1, 0.15) is 0 Å². The number of carbonyl (C=O) groups is 1. The molecule has 3 nitrogen and oxygen atoms in total. The Balaban J connectivity index is 2.66. The Hall–Kier alpha value is -0.830. The zero-order valence-electron chi connectivity index (χ0n) is 9.04. The van der Waals surface area contributed by atoms with E-state index in [2.05, 4.69) is 0 Å². The molecule has 14 heavy (non-hydrogen) atoms. The van der Waals surface area contributed by atoms with Gasteiger partial charge in [-0.2, -0.15) is 0 Å². The fraction of sp³-hybridized carbons (Fsp3) is 0.727. The molecule has 0 aromatic heterocycles. The van der Waals surface area contributed by atoms with E-state index < -0.39 is 5.60 Å². The fourth-order valence-corrected chi connectivity index (χ4v) is 1.68. The molecule has 0 spiro atoms. The zero-order valence-corrected chi connectivity index (χ0v) is 9.04. The minimum absolute atomic E-state index is 0.0460. The van der Waals surface area contributed by atoms with Crippen LogP contribution in [0, 0.1) is 5.41 Å². The number of aliphatic hydroxyl groups is 1. The third-order valence-corrected chi connectivity index (χ3v) is 2.91. The predicted octanol–water partition coefficient (Wildman–Crippen LogP) is 1.66. The summed E-state index contributed by atoms with van der Waals surface area (Å²) in [7, 11) is 0. The second-order valence-corrected chi connectivity index (χ2v) is 4.40. The van der Waals surface area contributed by atoms with Crippen molar-refractivity contribution in [3.63, 3.8) is 0 Å². The largest absolute Gasteiger partial charge is 0.466 e. The number of ether oxygens (including phenoxy) is 1. The molecule has 1 rings (SSSR count). The van der Waals surface area contributed by atoms with Crippen LogP contribution in [-0.2, 0) is 9.53 Å². The molecule has 0 aromatic rings. The summed E-state index contributed by atoms with van der Waals surface area (Å²) >= 11 is 0. The lowest BCUT2D eigenvalue weighted by Gasteiger charge is -2.35. The topological polar surface area (TPSA) is 46.5 Å². The Morgan fingerprint density at radius 1 is 1.57 bits per heavy atom. The first kappa shape index (κ1) is 11.2. The van der Waals surface area contributed by atoms with E-state index in [4.69, 9.17) is 4.74 Å². The highest BCUT2D eigenvalue weighted by atomic mass is 16.5. The Morgan fingerprint density at radius 2 is 2.21 bits per heavy atom. The van der Waals surface area contributed by atoms with E-state index in [9.17, 15) is 9.90 Å². The van der Waals surface area contributed by atoms with E-state index in [-0.39, 0.29) is 17.8 Å². The van der Waals surface area contributed by atoms with Gasteiger partial charge in [-0.25, -0.2) is 0 Å². The highest BCUT2D eigenvalue weighted by molar-refractivity contribution is 5.71. The van der Waals surface area contributed by atoms with E-state index in [1.165, 1.54) is 0 Å². The summed E-state index contributed by atoms with van der Waals surface area (Å²) in [4.78, 5) is 11.3. The van der Waals surface area contributed by atoms with Crippen molar-refractivity contribution < 1.29 is 14.6 Å². The summed E-state index contributed by atoms with van der Waals surface area (Å²) in [5.41, 5.74) is -1.32. The number of hydrogen-bond acceptors (Lipinski definition) is 3. The van der Waals surface area contributed by atoms with Crippen LogP contribution in [-0.4, -0.2) is 23.3 Å². The molecule has 0 aromatic carbocycles. The second kappa shape index (κ2) is 3.73. The minimum atomic E-state index is -1.04. The molecule has 0 amide bonds. The summed E-state index contributed by atoms with van der Waals surface area (Å²) in [6.45, 7) is 6.02. The summed E-state index contributed by atoms with van der Waals surface area (Å²) in [5.74, 6) is -0.338. The van der Waals surface area contributed by atoms with E-state index in [0.29, 0.717) is 6.61 Å². The normalized spacial score (nSPS) is 29.1. The first-order valence-corrected chi connectivity index (χ1v) is 4.97. The number of allylic oxidation sites excluding steroid dienone is 1. The average molecular weight is 198 g/mol. The van der Waals surface area contributed by atoms with Gasteiger partial charge in [0.25, 0.3) is 0 Å². The Labute approximate surface area is 84.8 Å². The molecule has 80 valence electrons. The van der Waals surface area contributed by atoms with E-state index in [0.717, 1.165) is 6.42 Å². The molecule has 1 N–H and O–H groups in total. The van der Waals surface area contributed by atoms with Crippen molar-refractivity contribution in [3.05, 3.63) is 12.2 Å². The van der Waals surface area contributed by atoms with Crippen molar-refractivity contribution in [1.82, 2.24) is 0 Å². The number of hydrogen-bond donors (Lipinski definition) is 1. The number of esters is 1. The molecule has 1 aliphatic carbocycles. The van der Waals surface area contributed by atoms with Gasteiger partial charge in [-0.15, -0.1) is 0 Å². The monoisotopic (exact) mass is 198 g/mol. The maximum atomic E-state index is 11.3. The minimum Gasteiger partial charge on any atom is -0.466 e. The first-order chi connectivity index (χ1) is 6.41. The number of rotatable bonds is 3. The van der Waals surface area contributed by atoms with Gasteiger partial charge in [0.15, 0.2) is 0 Å². The van der Waals surface area contributed by atoms with Gasteiger partial charge >= 0.3 is 5.97 Å². The molecule has 0 aliphatic heterocycles. The summed E-state index contributed by atoms with van der Waals surface area (Å²) in [5, 5.41) is 10.2. The molecular formula is C11H18O3. The van der Waals surface area contributed by atoms with Crippen molar-refractivity contribution in [2.75, 3.05) is 6.61 Å². The first-order valence-electron chi connectivity index (χ1n) is 4.97. The predicted molar refractivity (Wildman–Crippen MR) is 53.7 cm³/mol. The summed E-state index contributed by atoms with van der Waals surface area (Å²) in [6.07, 6.45) is 4.47. The molecule has 0 bridgehead atoms. The van der Waals surface area contributed by atoms with Crippen molar-refractivity contribution in [2.45, 2.75) is 39.2 Å². The number of carbonyl (C=O) groups excluding carboxylic acids is 1. The molecular weight excluding hydrogens is 180 g/mol. The SMILES string of the molecule is CCOC(=O)CC1(O)C=CCC1(C)C. The van der Waals surface area contributed by atoms with Crippen molar-refractivity contribution in [2.24, 2.45) is 5.41 Å². The Bertz CT molecular complexity index is 255. The van der Waals surface area contributed by atoms with Crippen molar-refractivity contribution in [1.29, 1.82) is 0 Å². The van der Waals surface area contributed by atoms with Crippen LogP contribution in [0.2, 0.25) is 0 Å². The van der Waals surface area contributed by atoms with E-state index >= 15 is 0 Å². The molecule has 0 radical (unpaired) electrons. The van der Waals surface area contributed by atoms with Crippen LogP contribution >= 0.6 is 0 Å². The van der Waals surface area contributed by atoms with Crippen LogP contribution in [0.4, 0.5) is 0 Å². The zero-order chi connectivity index (χ0) is 10.8. The van der Waals surface area contributed by atoms with Gasteiger partial charge in [0, 0.05) is 5.41 Å². The summed E-state index contributed by atoms with van der Waals surface area (Å²) in [6, 6.07) is 0. The van der Waals surface area contributed by atoms with Crippen LogP contribution in [0.25, 0.3) is 0 Å². The van der Waals surface area contributed by atoms with Gasteiger partial charge < -0.3 is 9.84 Å². The maximum absolute atomic E-state index is 11.3. The molecule has 0 heterocycles. The lowest BCUT2D eigenvalue weighted by Crippen LogP contribution is -2.41. The van der Waals surface area contributed by atoms with E-state index in [1.54, 1.807) is 13.0 Å². The van der Waals surface area contributed by atoms with Crippen LogP contribution in [0.15, 0.2) is 12.2 Å². The second-order valence-electron chi connectivity index (χ2n) is 4.40. The Kier molecular flexibility index (Phi) is 3.00. The van der Waals surface area contributed by atoms with Crippen molar-refractivity contribution in [3.8, 4) is 0 Å². The average Bonchev–Trinajstić information content (AvgIpc) is 2.26. The summed E-state index contributed by atoms with van der Waals surface area (Å²) < 4.78 is 4.83. The van der Waals surface area contributed by atoms with Crippen LogP contribution in [0.5, 0.6) is 0 Å². The van der Waals surface area contributed by atoms with Gasteiger partial charge in [-0.1, -0.05) is 26.0 Å². The fourth-order valence-electron chi connectivity index (χ4n) is 1.68. The molecule has 1 unspecified atom stereocenters. The quantitative estimate of drug-likeness (QED) is 0.554. The van der Waals surface area contributed by atoms with Gasteiger partial charge in [-0.05, 0) is 13.3 Å². The molecule has 0 fully saturated rings. The standard InChI is InChI=1S/C11H18O3/c1-4-14-9(12)8-11(13)7-5-6-10(11,2)3/h5,7,13H,4,6,8H2,1-3H3. The third kappa shape index (κ3) is 1.98. The molecule has 0 saturated heterocycles. The lowest BCUT2D eigenvalue weighted by atomic mass is 9.75. The smallest absolute Gasteiger partial charge is 0.309 e. The van der Waals surface area contributed by atoms with Crippen LogP contribution < -0.4 is 0 Å². The Morgan fingerprint density at radius 3 is 2.64 bits per heavy atom. The van der Waals surface area contributed by atoms with Crippen LogP contribution in [0.1, 0.15) is 33.6 Å². The van der Waals surface area contributed by atoms with Crippen molar-refractivity contribution >= 4 is 5.97 Å². The van der Waals surface area contributed by atoms with Crippen LogP contribution in [0.3, 0.4) is 0 Å². The van der Waals surface area contributed by atoms with Gasteiger partial charge in [-0.3, -0.25) is 4.79 Å². The highest BCUT2D eigenvalue weighted by Gasteiger charge is 2.45. The lowest BCUT2D eigenvalue weighted by molar-refractivity contribution is -0.150. The molecule has 1 atom stereocenters. The highest BCUT2D eigenvalue weighted by Crippen LogP contribution is 2.43. The third-order valence-electron chi connectivity index (χ3n) is 2.91. The van der Waals surface area contributed by atoms with Gasteiger partial charge in [0.2, 0.25) is 0 Å². The van der Waals surface area contributed by atoms with Gasteiger partial charge in [0.05, 0.1) is 18.6 Å². The van der Waals surface area contributed by atoms with E-state index in [1.807, 2.05) is 19.9 Å². The molecule has 1 aliphatic rings. The molecule has 3 heteroatoms. The maximum Gasteiger partial charge on any atom is 0.309 e. The molecule has 0 saturated carbocycles.